The van der Waals surface area contributed by atoms with Gasteiger partial charge in [0.25, 0.3) is 0 Å². The van der Waals surface area contributed by atoms with Gasteiger partial charge >= 0.3 is 0 Å². The Hall–Kier alpha value is -0.130. The Bertz CT molecular complexity index is 368. The fraction of sp³-hybridized carbons (Fsp3) is 1.00. The summed E-state index contributed by atoms with van der Waals surface area (Å²) in [5.74, 6) is 1.24. The van der Waals surface area contributed by atoms with Crippen LogP contribution in [0.1, 0.15) is 52.9 Å². The van der Waals surface area contributed by atoms with Crippen LogP contribution >= 0.6 is 0 Å². The van der Waals surface area contributed by atoms with Gasteiger partial charge in [0.2, 0.25) is 10.0 Å². The lowest BCUT2D eigenvalue weighted by Gasteiger charge is -2.33. The van der Waals surface area contributed by atoms with Crippen LogP contribution in [0.5, 0.6) is 0 Å². The molecule has 0 radical (unpaired) electrons. The molecule has 0 spiro atoms. The molecular weight excluding hydrogens is 272 g/mol. The van der Waals surface area contributed by atoms with Crippen molar-refractivity contribution in [1.82, 2.24) is 9.62 Å². The van der Waals surface area contributed by atoms with Gasteiger partial charge in [0.05, 0.1) is 6.26 Å². The number of rotatable bonds is 8. The van der Waals surface area contributed by atoms with Crippen LogP contribution in [-0.4, -0.2) is 44.7 Å². The second-order valence-corrected chi connectivity index (χ2v) is 8.57. The maximum absolute atomic E-state index is 11.7. The van der Waals surface area contributed by atoms with E-state index in [-0.39, 0.29) is 0 Å². The lowest BCUT2D eigenvalue weighted by atomic mass is 9.89. The molecule has 2 atom stereocenters. The quantitative estimate of drug-likeness (QED) is 0.749. The van der Waals surface area contributed by atoms with Gasteiger partial charge in [-0.05, 0) is 50.5 Å². The van der Waals surface area contributed by atoms with E-state index in [9.17, 15) is 8.42 Å². The molecule has 0 aromatic heterocycles. The fourth-order valence-electron chi connectivity index (χ4n) is 3.05. The summed E-state index contributed by atoms with van der Waals surface area (Å²) in [4.78, 5) is 0. The minimum absolute atomic E-state index is 0.509. The van der Waals surface area contributed by atoms with Gasteiger partial charge in [0.15, 0.2) is 0 Å². The van der Waals surface area contributed by atoms with Gasteiger partial charge < -0.3 is 5.32 Å². The number of hydrogen-bond acceptors (Lipinski definition) is 3. The molecule has 1 aliphatic rings. The third-order valence-electron chi connectivity index (χ3n) is 4.15. The van der Waals surface area contributed by atoms with Crippen LogP contribution in [0.3, 0.4) is 0 Å². The average Bonchev–Trinajstić information content (AvgIpc) is 2.35. The van der Waals surface area contributed by atoms with Crippen molar-refractivity contribution < 1.29 is 8.42 Å². The van der Waals surface area contributed by atoms with Crippen LogP contribution in [0.15, 0.2) is 0 Å². The van der Waals surface area contributed by atoms with Gasteiger partial charge in [-0.15, -0.1) is 0 Å². The highest BCUT2D eigenvalue weighted by Gasteiger charge is 2.27. The third-order valence-corrected chi connectivity index (χ3v) is 5.42. The molecule has 1 rings (SSSR count). The molecule has 0 aromatic rings. The number of hydrogen-bond donors (Lipinski definition) is 1. The largest absolute Gasteiger partial charge is 0.314 e. The molecule has 0 amide bonds. The Morgan fingerprint density at radius 3 is 2.55 bits per heavy atom. The van der Waals surface area contributed by atoms with Gasteiger partial charge in [0, 0.05) is 19.1 Å². The summed E-state index contributed by atoms with van der Waals surface area (Å²) in [5, 5.41) is 3.57. The smallest absolute Gasteiger partial charge is 0.211 e. The second-order valence-electron chi connectivity index (χ2n) is 6.59. The van der Waals surface area contributed by atoms with Crippen LogP contribution < -0.4 is 5.32 Å². The van der Waals surface area contributed by atoms with E-state index in [1.807, 2.05) is 0 Å². The van der Waals surface area contributed by atoms with Gasteiger partial charge in [0.1, 0.15) is 0 Å². The minimum Gasteiger partial charge on any atom is -0.314 e. The first-order valence-electron chi connectivity index (χ1n) is 8.01. The van der Waals surface area contributed by atoms with Crippen molar-refractivity contribution in [1.29, 1.82) is 0 Å². The molecule has 0 aliphatic carbocycles. The zero-order valence-corrected chi connectivity index (χ0v) is 14.4. The van der Waals surface area contributed by atoms with Crippen LogP contribution in [0.2, 0.25) is 0 Å². The number of piperidine rings is 1. The molecule has 5 heteroatoms. The van der Waals surface area contributed by atoms with Crippen LogP contribution in [0, 0.1) is 11.8 Å². The SMILES string of the molecule is CCNC(CCC(C)C)CC1CCCN(S(C)(=O)=O)C1. The van der Waals surface area contributed by atoms with Gasteiger partial charge in [-0.1, -0.05) is 20.8 Å². The van der Waals surface area contributed by atoms with E-state index >= 15 is 0 Å². The summed E-state index contributed by atoms with van der Waals surface area (Å²) in [5.41, 5.74) is 0. The van der Waals surface area contributed by atoms with Crippen molar-refractivity contribution in [3.05, 3.63) is 0 Å². The first-order chi connectivity index (χ1) is 9.32. The van der Waals surface area contributed by atoms with Crippen LogP contribution in [0.4, 0.5) is 0 Å². The Balaban J connectivity index is 2.50. The van der Waals surface area contributed by atoms with E-state index in [2.05, 4.69) is 26.1 Å². The maximum atomic E-state index is 11.7. The monoisotopic (exact) mass is 304 g/mol. The maximum Gasteiger partial charge on any atom is 0.211 e. The number of nitrogens with zero attached hydrogens (tertiary/aromatic N) is 1. The molecule has 0 bridgehead atoms. The summed E-state index contributed by atoms with van der Waals surface area (Å²) < 4.78 is 25.0. The standard InChI is InChI=1S/C15H32N2O2S/c1-5-16-15(9-8-13(2)3)11-14-7-6-10-17(12-14)20(4,18)19/h13-16H,5-12H2,1-4H3. The van der Waals surface area contributed by atoms with E-state index in [1.54, 1.807) is 4.31 Å². The molecule has 1 saturated heterocycles. The first kappa shape index (κ1) is 17.9. The molecule has 120 valence electrons. The van der Waals surface area contributed by atoms with Gasteiger partial charge in [-0.2, -0.15) is 0 Å². The van der Waals surface area contributed by atoms with Crippen LogP contribution in [0.25, 0.3) is 0 Å². The zero-order valence-electron chi connectivity index (χ0n) is 13.6. The molecule has 1 heterocycles. The Morgan fingerprint density at radius 1 is 1.30 bits per heavy atom. The number of sulfonamides is 1. The zero-order chi connectivity index (χ0) is 15.2. The third kappa shape index (κ3) is 6.55. The number of nitrogens with one attached hydrogen (secondary N) is 1. The summed E-state index contributed by atoms with van der Waals surface area (Å²) in [6.07, 6.45) is 7.03. The molecule has 1 aliphatic heterocycles. The van der Waals surface area contributed by atoms with E-state index in [0.29, 0.717) is 25.0 Å². The van der Waals surface area contributed by atoms with E-state index in [4.69, 9.17) is 0 Å². The molecule has 4 nitrogen and oxygen atoms in total. The Morgan fingerprint density at radius 2 is 2.00 bits per heavy atom. The molecule has 2 unspecified atom stereocenters. The molecule has 0 saturated carbocycles. The summed E-state index contributed by atoms with van der Waals surface area (Å²) in [6.45, 7) is 9.07. The predicted molar refractivity (Wildman–Crippen MR) is 85.3 cm³/mol. The van der Waals surface area contributed by atoms with Gasteiger partial charge in [-0.3, -0.25) is 0 Å². The summed E-state index contributed by atoms with van der Waals surface area (Å²) >= 11 is 0. The lowest BCUT2D eigenvalue weighted by Crippen LogP contribution is -2.42. The highest BCUT2D eigenvalue weighted by molar-refractivity contribution is 7.88. The first-order valence-corrected chi connectivity index (χ1v) is 9.86. The Kier molecular flexibility index (Phi) is 7.48. The van der Waals surface area contributed by atoms with Crippen molar-refractivity contribution >= 4 is 10.0 Å². The summed E-state index contributed by atoms with van der Waals surface area (Å²) in [7, 11) is -3.02. The summed E-state index contributed by atoms with van der Waals surface area (Å²) in [6, 6.07) is 0.534. The van der Waals surface area contributed by atoms with Crippen molar-refractivity contribution in [3.8, 4) is 0 Å². The van der Waals surface area contributed by atoms with E-state index in [1.165, 1.54) is 19.1 Å². The van der Waals surface area contributed by atoms with E-state index in [0.717, 1.165) is 31.7 Å². The molecule has 20 heavy (non-hydrogen) atoms. The molecule has 1 fully saturated rings. The highest BCUT2D eigenvalue weighted by atomic mass is 32.2. The van der Waals surface area contributed by atoms with Crippen molar-refractivity contribution in [2.45, 2.75) is 58.9 Å². The van der Waals surface area contributed by atoms with Gasteiger partial charge in [-0.25, -0.2) is 12.7 Å². The minimum atomic E-state index is -3.02. The average molecular weight is 304 g/mol. The molecule has 0 aromatic carbocycles. The van der Waals surface area contributed by atoms with E-state index < -0.39 is 10.0 Å². The molecule has 1 N–H and O–H groups in total. The van der Waals surface area contributed by atoms with Crippen molar-refractivity contribution in [2.75, 3.05) is 25.9 Å². The predicted octanol–water partition coefficient (Wildman–Crippen LogP) is 2.46. The van der Waals surface area contributed by atoms with Crippen molar-refractivity contribution in [3.63, 3.8) is 0 Å². The lowest BCUT2D eigenvalue weighted by molar-refractivity contribution is 0.232. The Labute approximate surface area is 125 Å². The normalized spacial score (nSPS) is 23.1. The topological polar surface area (TPSA) is 49.4 Å². The molecular formula is C15H32N2O2S. The fourth-order valence-corrected chi connectivity index (χ4v) is 3.99. The van der Waals surface area contributed by atoms with Crippen molar-refractivity contribution in [2.24, 2.45) is 11.8 Å². The van der Waals surface area contributed by atoms with Crippen LogP contribution in [-0.2, 0) is 10.0 Å². The second kappa shape index (κ2) is 8.35. The highest BCUT2D eigenvalue weighted by Crippen LogP contribution is 2.24.